The second kappa shape index (κ2) is 14.1. The minimum Gasteiger partial charge on any atom is -0.314 e. The molecular weight excluding hydrogens is 761 g/mol. The lowest BCUT2D eigenvalue weighted by molar-refractivity contribution is 0.483. The summed E-state index contributed by atoms with van der Waals surface area (Å²) < 4.78 is 2.38. The van der Waals surface area contributed by atoms with Gasteiger partial charge < -0.3 is 9.47 Å². The largest absolute Gasteiger partial charge is 0.314 e. The number of anilines is 2. The maximum Gasteiger partial charge on any atom is 0.0541 e. The molecule has 0 N–H and O–H groups in total. The van der Waals surface area contributed by atoms with Gasteiger partial charge in [0.15, 0.2) is 0 Å². The number of hydrogen-bond acceptors (Lipinski definition) is 1. The Balaban J connectivity index is 0.936. The fourth-order valence-corrected chi connectivity index (χ4v) is 11.4. The van der Waals surface area contributed by atoms with Crippen LogP contribution in [0.25, 0.3) is 66.4 Å². The number of allylic oxidation sites excluding steroid dienone is 4. The van der Waals surface area contributed by atoms with Crippen LogP contribution < -0.4 is 4.90 Å². The molecule has 63 heavy (non-hydrogen) atoms. The summed E-state index contributed by atoms with van der Waals surface area (Å²) in [6.45, 7) is 0. The summed E-state index contributed by atoms with van der Waals surface area (Å²) in [5.74, 6) is 0.217. The first-order valence-corrected chi connectivity index (χ1v) is 22.1. The Morgan fingerprint density at radius 3 is 1.56 bits per heavy atom. The van der Waals surface area contributed by atoms with Crippen molar-refractivity contribution in [3.8, 4) is 39.1 Å². The summed E-state index contributed by atoms with van der Waals surface area (Å²) in [6, 6.07) is 82.9. The molecule has 0 aliphatic heterocycles. The molecule has 2 nitrogen and oxygen atoms in total. The van der Waals surface area contributed by atoms with Crippen LogP contribution in [-0.4, -0.2) is 4.57 Å². The molecule has 1 aromatic heterocycles. The second-order valence-corrected chi connectivity index (χ2v) is 17.2. The van der Waals surface area contributed by atoms with Crippen LogP contribution in [0.2, 0.25) is 0 Å². The van der Waals surface area contributed by atoms with Crippen molar-refractivity contribution in [3.05, 3.63) is 265 Å². The second-order valence-electron chi connectivity index (χ2n) is 17.2. The van der Waals surface area contributed by atoms with E-state index >= 15 is 0 Å². The average Bonchev–Trinajstić information content (AvgIpc) is 3.96. The van der Waals surface area contributed by atoms with Crippen molar-refractivity contribution in [1.82, 2.24) is 4.57 Å². The first-order valence-electron chi connectivity index (χ1n) is 22.1. The van der Waals surface area contributed by atoms with Crippen LogP contribution in [0.5, 0.6) is 0 Å². The summed E-state index contributed by atoms with van der Waals surface area (Å²) in [5, 5.41) is 2.52. The fourth-order valence-electron chi connectivity index (χ4n) is 11.4. The van der Waals surface area contributed by atoms with Gasteiger partial charge in [-0.25, -0.2) is 0 Å². The quantitative estimate of drug-likeness (QED) is 0.163. The zero-order valence-electron chi connectivity index (χ0n) is 34.7. The van der Waals surface area contributed by atoms with E-state index < -0.39 is 0 Å². The van der Waals surface area contributed by atoms with Crippen LogP contribution in [-0.2, 0) is 5.41 Å². The molecule has 3 aliphatic carbocycles. The van der Waals surface area contributed by atoms with Gasteiger partial charge in [0.2, 0.25) is 0 Å². The summed E-state index contributed by atoms with van der Waals surface area (Å²) in [6.07, 6.45) is 5.71. The van der Waals surface area contributed by atoms with Crippen LogP contribution >= 0.6 is 0 Å². The zero-order chi connectivity index (χ0) is 41.5. The number of rotatable bonds is 6. The van der Waals surface area contributed by atoms with Crippen LogP contribution in [0.1, 0.15) is 28.7 Å². The third-order valence-electron chi connectivity index (χ3n) is 14.1. The Labute approximate surface area is 368 Å². The van der Waals surface area contributed by atoms with Crippen LogP contribution in [0.3, 0.4) is 0 Å². The molecule has 1 spiro atoms. The van der Waals surface area contributed by atoms with Gasteiger partial charge in [-0.15, -0.1) is 0 Å². The topological polar surface area (TPSA) is 8.17 Å². The predicted octanol–water partition coefficient (Wildman–Crippen LogP) is 15.6. The predicted molar refractivity (Wildman–Crippen MR) is 263 cm³/mol. The molecular formula is C61H42N2. The van der Waals surface area contributed by atoms with Gasteiger partial charge in [-0.1, -0.05) is 176 Å². The van der Waals surface area contributed by atoms with E-state index in [1.807, 2.05) is 0 Å². The first kappa shape index (κ1) is 35.8. The summed E-state index contributed by atoms with van der Waals surface area (Å²) in [7, 11) is 0. The molecule has 9 aromatic carbocycles. The highest BCUT2D eigenvalue weighted by Gasteiger charge is 2.56. The van der Waals surface area contributed by atoms with E-state index in [0.29, 0.717) is 0 Å². The Kier molecular flexibility index (Phi) is 7.98. The van der Waals surface area contributed by atoms with E-state index in [1.54, 1.807) is 0 Å². The van der Waals surface area contributed by atoms with Crippen molar-refractivity contribution in [2.45, 2.75) is 11.8 Å². The minimum atomic E-state index is -0.288. The van der Waals surface area contributed by atoms with Gasteiger partial charge in [0, 0.05) is 39.4 Å². The van der Waals surface area contributed by atoms with Gasteiger partial charge in [0.05, 0.1) is 16.4 Å². The lowest BCUT2D eigenvalue weighted by atomic mass is 9.65. The normalized spacial score (nSPS) is 15.4. The number of benzene rings is 9. The van der Waals surface area contributed by atoms with E-state index in [2.05, 4.69) is 246 Å². The maximum atomic E-state index is 2.51. The number of fused-ring (bicyclic) bond motifs is 13. The van der Waals surface area contributed by atoms with Crippen molar-refractivity contribution in [2.24, 2.45) is 5.92 Å². The monoisotopic (exact) mass is 802 g/mol. The highest BCUT2D eigenvalue weighted by molar-refractivity contribution is 6.10. The number of para-hydroxylation sites is 2. The van der Waals surface area contributed by atoms with Crippen LogP contribution in [0.15, 0.2) is 242 Å². The Morgan fingerprint density at radius 1 is 0.397 bits per heavy atom. The molecule has 3 aliphatic rings. The molecule has 2 heteroatoms. The lowest BCUT2D eigenvalue weighted by Crippen LogP contribution is -2.34. The Hall–Kier alpha value is -7.94. The SMILES string of the molecule is C1=C2c3ccccc3C3(c4ccccc4-c4ccccc43)C2CC(N(c2ccc(-c3ccccc3)cc2)c2ccc(-c3ccc4c(c3)c3ccccc3n4-c3ccccc3)cc2)=C1. The molecule has 0 amide bonds. The molecule has 1 atom stereocenters. The minimum absolute atomic E-state index is 0.217. The summed E-state index contributed by atoms with van der Waals surface area (Å²) in [5.41, 5.74) is 21.5. The van der Waals surface area contributed by atoms with Gasteiger partial charge in [-0.2, -0.15) is 0 Å². The van der Waals surface area contributed by atoms with Crippen LogP contribution in [0, 0.1) is 5.92 Å². The summed E-state index contributed by atoms with van der Waals surface area (Å²) in [4.78, 5) is 2.51. The number of hydrogen-bond donors (Lipinski definition) is 0. The third-order valence-corrected chi connectivity index (χ3v) is 14.1. The van der Waals surface area contributed by atoms with Crippen molar-refractivity contribution >= 4 is 38.8 Å². The van der Waals surface area contributed by atoms with Crippen molar-refractivity contribution in [2.75, 3.05) is 4.90 Å². The van der Waals surface area contributed by atoms with E-state index in [1.165, 1.54) is 94.4 Å². The average molecular weight is 803 g/mol. The van der Waals surface area contributed by atoms with Crippen molar-refractivity contribution < 1.29 is 0 Å². The lowest BCUT2D eigenvalue weighted by Gasteiger charge is -2.39. The van der Waals surface area contributed by atoms with Gasteiger partial charge in [0.1, 0.15) is 0 Å². The summed E-state index contributed by atoms with van der Waals surface area (Å²) >= 11 is 0. The fraction of sp³-hybridized carbons (Fsp3) is 0.0492. The molecule has 13 rings (SSSR count). The van der Waals surface area contributed by atoms with Gasteiger partial charge in [-0.3, -0.25) is 0 Å². The zero-order valence-corrected chi connectivity index (χ0v) is 34.7. The highest BCUT2D eigenvalue weighted by atomic mass is 15.1. The highest BCUT2D eigenvalue weighted by Crippen LogP contribution is 2.66. The molecule has 0 radical (unpaired) electrons. The molecule has 1 heterocycles. The molecule has 1 unspecified atom stereocenters. The van der Waals surface area contributed by atoms with E-state index in [-0.39, 0.29) is 11.3 Å². The van der Waals surface area contributed by atoms with Gasteiger partial charge in [0.25, 0.3) is 0 Å². The van der Waals surface area contributed by atoms with E-state index in [9.17, 15) is 0 Å². The maximum absolute atomic E-state index is 2.51. The number of nitrogens with zero attached hydrogens (tertiary/aromatic N) is 2. The van der Waals surface area contributed by atoms with Crippen LogP contribution in [0.4, 0.5) is 11.4 Å². The first-order chi connectivity index (χ1) is 31.3. The number of aromatic nitrogens is 1. The Bertz CT molecular complexity index is 3420. The van der Waals surface area contributed by atoms with Crippen molar-refractivity contribution in [1.29, 1.82) is 0 Å². The standard InChI is InChI=1S/C61H42N2/c1-3-15-41(16-4-1)42-27-32-46(33-28-42)62(47-34-29-43(30-35-47)44-31-38-60-54(39-44)53-22-10-14-26-59(53)63(60)45-17-5-2-6-18-45)48-36-37-52-51-21-9-13-25-57(51)61(58(52)40-48)55-23-11-7-19-49(55)50-20-8-12-24-56(50)61/h1-39,58H,40H2. The molecule has 296 valence electrons. The van der Waals surface area contributed by atoms with Gasteiger partial charge >= 0.3 is 0 Å². The molecule has 10 aromatic rings. The van der Waals surface area contributed by atoms with Crippen molar-refractivity contribution in [3.63, 3.8) is 0 Å². The van der Waals surface area contributed by atoms with E-state index in [0.717, 1.165) is 17.8 Å². The molecule has 0 saturated carbocycles. The molecule has 0 bridgehead atoms. The molecule has 0 fully saturated rings. The molecule has 0 saturated heterocycles. The van der Waals surface area contributed by atoms with Gasteiger partial charge in [-0.05, 0) is 128 Å². The van der Waals surface area contributed by atoms with E-state index in [4.69, 9.17) is 0 Å². The third kappa shape index (κ3) is 5.31. The smallest absolute Gasteiger partial charge is 0.0541 e. The Morgan fingerprint density at radius 2 is 0.889 bits per heavy atom.